The van der Waals surface area contributed by atoms with Crippen molar-refractivity contribution in [3.63, 3.8) is 0 Å². The van der Waals surface area contributed by atoms with Crippen molar-refractivity contribution in [2.75, 3.05) is 36.8 Å². The maximum atomic E-state index is 11.8. The molecule has 1 aromatic rings. The molecule has 1 fully saturated rings. The Kier molecular flexibility index (Phi) is 4.61. The Morgan fingerprint density at radius 3 is 2.37 bits per heavy atom. The first-order valence-electron chi connectivity index (χ1n) is 6.12. The molecule has 0 saturated carbocycles. The first-order valence-corrected chi connectivity index (χ1v) is 8.48. The minimum absolute atomic E-state index is 0.144. The van der Waals surface area contributed by atoms with Crippen molar-refractivity contribution >= 4 is 38.9 Å². The van der Waals surface area contributed by atoms with Crippen molar-refractivity contribution < 1.29 is 8.42 Å². The maximum absolute atomic E-state index is 11.8. The van der Waals surface area contributed by atoms with Gasteiger partial charge >= 0.3 is 0 Å². The fourth-order valence-corrected chi connectivity index (χ4v) is 3.61. The van der Waals surface area contributed by atoms with Gasteiger partial charge in [0, 0.05) is 31.2 Å². The van der Waals surface area contributed by atoms with Crippen molar-refractivity contribution in [2.45, 2.75) is 6.92 Å². The number of sulfonamides is 1. The third-order valence-electron chi connectivity index (χ3n) is 3.25. The molecule has 1 aromatic carbocycles. The molecule has 1 heterocycles. The van der Waals surface area contributed by atoms with Crippen LogP contribution in [-0.2, 0) is 10.0 Å². The average molecular weight is 323 g/mol. The molecular weight excluding hydrogens is 307 g/mol. The minimum atomic E-state index is -3.10. The van der Waals surface area contributed by atoms with Crippen LogP contribution < -0.4 is 4.90 Å². The number of benzene rings is 1. The van der Waals surface area contributed by atoms with Crippen LogP contribution in [0, 0.1) is 0 Å². The molecule has 0 radical (unpaired) electrons. The van der Waals surface area contributed by atoms with Crippen LogP contribution in [0.4, 0.5) is 5.69 Å². The summed E-state index contributed by atoms with van der Waals surface area (Å²) in [6.07, 6.45) is 0. The Balaban J connectivity index is 2.10. The van der Waals surface area contributed by atoms with Gasteiger partial charge in [-0.25, -0.2) is 8.42 Å². The molecule has 0 unspecified atom stereocenters. The fraction of sp³-hybridized carbons (Fsp3) is 0.500. The molecule has 0 amide bonds. The SMILES string of the molecule is CCS(=O)(=O)N1CCN(c2cc(Cl)ccc2Cl)CC1. The predicted molar refractivity (Wildman–Crippen MR) is 79.7 cm³/mol. The highest BCUT2D eigenvalue weighted by atomic mass is 35.5. The van der Waals surface area contributed by atoms with Gasteiger partial charge in [0.05, 0.1) is 16.5 Å². The zero-order valence-electron chi connectivity index (χ0n) is 10.6. The van der Waals surface area contributed by atoms with Gasteiger partial charge in [0.2, 0.25) is 10.0 Å². The van der Waals surface area contributed by atoms with Crippen LogP contribution in [0.5, 0.6) is 0 Å². The van der Waals surface area contributed by atoms with E-state index in [2.05, 4.69) is 4.90 Å². The molecule has 0 N–H and O–H groups in total. The monoisotopic (exact) mass is 322 g/mol. The van der Waals surface area contributed by atoms with Gasteiger partial charge in [-0.05, 0) is 25.1 Å². The fourth-order valence-electron chi connectivity index (χ4n) is 2.12. The van der Waals surface area contributed by atoms with Crippen molar-refractivity contribution in [2.24, 2.45) is 0 Å². The van der Waals surface area contributed by atoms with E-state index in [1.54, 1.807) is 19.1 Å². The van der Waals surface area contributed by atoms with E-state index in [9.17, 15) is 8.42 Å². The van der Waals surface area contributed by atoms with E-state index in [0.717, 1.165) is 5.69 Å². The van der Waals surface area contributed by atoms with Gasteiger partial charge in [-0.1, -0.05) is 23.2 Å². The summed E-state index contributed by atoms with van der Waals surface area (Å²) < 4.78 is 25.1. The normalized spacial score (nSPS) is 17.7. The molecule has 0 aromatic heterocycles. The number of nitrogens with zero attached hydrogens (tertiary/aromatic N) is 2. The van der Waals surface area contributed by atoms with Crippen LogP contribution in [-0.4, -0.2) is 44.7 Å². The number of piperazine rings is 1. The van der Waals surface area contributed by atoms with Crippen LogP contribution in [0.2, 0.25) is 10.0 Å². The molecule has 7 heteroatoms. The van der Waals surface area contributed by atoms with Crippen molar-refractivity contribution in [3.8, 4) is 0 Å². The summed E-state index contributed by atoms with van der Waals surface area (Å²) >= 11 is 12.1. The maximum Gasteiger partial charge on any atom is 0.213 e. The number of hydrogen-bond donors (Lipinski definition) is 0. The predicted octanol–water partition coefficient (Wildman–Crippen LogP) is 2.47. The Hall–Kier alpha value is -0.490. The van der Waals surface area contributed by atoms with Gasteiger partial charge in [-0.2, -0.15) is 4.31 Å². The van der Waals surface area contributed by atoms with E-state index in [1.165, 1.54) is 4.31 Å². The second kappa shape index (κ2) is 5.87. The quantitative estimate of drug-likeness (QED) is 0.858. The average Bonchev–Trinajstić information content (AvgIpc) is 2.42. The summed E-state index contributed by atoms with van der Waals surface area (Å²) in [5.74, 6) is 0.144. The molecule has 0 bridgehead atoms. The summed E-state index contributed by atoms with van der Waals surface area (Å²) in [5, 5.41) is 1.26. The molecule has 0 aliphatic carbocycles. The lowest BCUT2D eigenvalue weighted by molar-refractivity contribution is 0.385. The lowest BCUT2D eigenvalue weighted by atomic mass is 10.2. The van der Waals surface area contributed by atoms with Crippen molar-refractivity contribution in [1.82, 2.24) is 4.31 Å². The summed E-state index contributed by atoms with van der Waals surface area (Å²) in [6, 6.07) is 5.31. The smallest absolute Gasteiger partial charge is 0.213 e. The summed E-state index contributed by atoms with van der Waals surface area (Å²) in [6.45, 7) is 3.88. The highest BCUT2D eigenvalue weighted by molar-refractivity contribution is 7.89. The van der Waals surface area contributed by atoms with Gasteiger partial charge in [0.1, 0.15) is 0 Å². The highest BCUT2D eigenvalue weighted by Gasteiger charge is 2.26. The molecule has 2 rings (SSSR count). The lowest BCUT2D eigenvalue weighted by Crippen LogP contribution is -2.49. The van der Waals surface area contributed by atoms with E-state index in [4.69, 9.17) is 23.2 Å². The first-order chi connectivity index (χ1) is 8.94. The molecule has 1 aliphatic rings. The summed E-state index contributed by atoms with van der Waals surface area (Å²) in [7, 11) is -3.10. The third-order valence-corrected chi connectivity index (χ3v) is 5.68. The highest BCUT2D eigenvalue weighted by Crippen LogP contribution is 2.29. The molecular formula is C12H16Cl2N2O2S. The molecule has 1 aliphatic heterocycles. The van der Waals surface area contributed by atoms with Gasteiger partial charge in [-0.15, -0.1) is 0 Å². The van der Waals surface area contributed by atoms with E-state index in [1.807, 2.05) is 6.07 Å². The topological polar surface area (TPSA) is 40.6 Å². The Labute approximate surface area is 124 Å². The van der Waals surface area contributed by atoms with Gasteiger partial charge in [-0.3, -0.25) is 0 Å². The number of halogens is 2. The van der Waals surface area contributed by atoms with E-state index >= 15 is 0 Å². The second-order valence-corrected chi connectivity index (χ2v) is 7.48. The molecule has 0 atom stereocenters. The van der Waals surface area contributed by atoms with Crippen LogP contribution in [0.1, 0.15) is 6.92 Å². The van der Waals surface area contributed by atoms with Gasteiger partial charge in [0.25, 0.3) is 0 Å². The van der Waals surface area contributed by atoms with Gasteiger partial charge < -0.3 is 4.90 Å². The zero-order valence-corrected chi connectivity index (χ0v) is 13.0. The number of anilines is 1. The molecule has 0 spiro atoms. The van der Waals surface area contributed by atoms with Crippen molar-refractivity contribution in [1.29, 1.82) is 0 Å². The minimum Gasteiger partial charge on any atom is -0.368 e. The standard InChI is InChI=1S/C12H16Cl2N2O2S/c1-2-19(17,18)16-7-5-15(6-8-16)12-9-10(13)3-4-11(12)14/h3-4,9H,2,5-8H2,1H3. The second-order valence-electron chi connectivity index (χ2n) is 4.38. The molecule has 106 valence electrons. The molecule has 4 nitrogen and oxygen atoms in total. The van der Waals surface area contributed by atoms with Crippen LogP contribution >= 0.6 is 23.2 Å². The Morgan fingerprint density at radius 1 is 1.16 bits per heavy atom. The van der Waals surface area contributed by atoms with Crippen LogP contribution in [0.3, 0.4) is 0 Å². The largest absolute Gasteiger partial charge is 0.368 e. The van der Waals surface area contributed by atoms with E-state index < -0.39 is 10.0 Å². The Bertz CT molecular complexity index is 555. The van der Waals surface area contributed by atoms with Crippen LogP contribution in [0.25, 0.3) is 0 Å². The van der Waals surface area contributed by atoms with Gasteiger partial charge in [0.15, 0.2) is 0 Å². The van der Waals surface area contributed by atoms with Crippen LogP contribution in [0.15, 0.2) is 18.2 Å². The molecule has 19 heavy (non-hydrogen) atoms. The number of rotatable bonds is 3. The lowest BCUT2D eigenvalue weighted by Gasteiger charge is -2.35. The van der Waals surface area contributed by atoms with E-state index in [0.29, 0.717) is 36.2 Å². The Morgan fingerprint density at radius 2 is 1.79 bits per heavy atom. The summed E-state index contributed by atoms with van der Waals surface area (Å²) in [5.41, 5.74) is 0.864. The first kappa shape index (κ1) is 14.9. The van der Waals surface area contributed by atoms with E-state index in [-0.39, 0.29) is 5.75 Å². The molecule has 1 saturated heterocycles. The summed E-state index contributed by atoms with van der Waals surface area (Å²) in [4.78, 5) is 2.07. The third kappa shape index (κ3) is 3.34. The zero-order chi connectivity index (χ0) is 14.0. The number of hydrogen-bond acceptors (Lipinski definition) is 3. The van der Waals surface area contributed by atoms with Crippen molar-refractivity contribution in [3.05, 3.63) is 28.2 Å².